The minimum atomic E-state index is -4.51. The number of aromatic nitrogens is 1. The summed E-state index contributed by atoms with van der Waals surface area (Å²) in [4.78, 5) is 21.1. The molecule has 1 aliphatic heterocycles. The van der Waals surface area contributed by atoms with E-state index in [4.69, 9.17) is 0 Å². The van der Waals surface area contributed by atoms with Crippen molar-refractivity contribution in [3.63, 3.8) is 0 Å². The van der Waals surface area contributed by atoms with Crippen LogP contribution in [-0.2, 0) is 26.2 Å². The zero-order chi connectivity index (χ0) is 23.4. The van der Waals surface area contributed by atoms with Gasteiger partial charge in [-0.05, 0) is 36.6 Å². The number of thiazole rings is 1. The van der Waals surface area contributed by atoms with Gasteiger partial charge in [0, 0.05) is 36.7 Å². The Hall–Kier alpha value is -3.02. The standard InChI is InChI=1S/C22H23FN4O4S2/c1-16-9-21(33(29,30)27(31-15-28)22-13-32-14-24-22)19(23)10-20(16)25-18-7-8-26(12-18)11-17-5-3-2-4-6-17/h2-6,9-10,13-15,18,25H,7-8,11-12H2,1H3/t18-/m1/s1. The lowest BCUT2D eigenvalue weighted by molar-refractivity contribution is -0.128. The van der Waals surface area contributed by atoms with Gasteiger partial charge in [0.15, 0.2) is 5.82 Å². The van der Waals surface area contributed by atoms with Gasteiger partial charge in [-0.15, -0.1) is 11.3 Å². The van der Waals surface area contributed by atoms with E-state index in [0.717, 1.165) is 37.4 Å². The Kier molecular flexibility index (Phi) is 6.91. The third kappa shape index (κ3) is 5.15. The number of sulfonamides is 1. The van der Waals surface area contributed by atoms with E-state index in [9.17, 15) is 17.6 Å². The lowest BCUT2D eigenvalue weighted by atomic mass is 10.1. The zero-order valence-electron chi connectivity index (χ0n) is 17.8. The summed E-state index contributed by atoms with van der Waals surface area (Å²) < 4.78 is 41.3. The number of carbonyl (C=O) groups is 1. The number of halogens is 1. The van der Waals surface area contributed by atoms with Gasteiger partial charge in [0.25, 0.3) is 10.0 Å². The number of likely N-dealkylation sites (tertiary alicyclic amines) is 1. The summed E-state index contributed by atoms with van der Waals surface area (Å²) in [7, 11) is -4.51. The highest BCUT2D eigenvalue weighted by molar-refractivity contribution is 7.92. The predicted octanol–water partition coefficient (Wildman–Crippen LogP) is 3.56. The Morgan fingerprint density at radius 2 is 2.12 bits per heavy atom. The SMILES string of the molecule is Cc1cc(S(=O)(=O)N(OC=O)c2cscn2)c(F)cc1N[C@@H]1CCN(Cc2ccccc2)C1. The van der Waals surface area contributed by atoms with Gasteiger partial charge in [-0.3, -0.25) is 9.69 Å². The molecule has 3 aromatic rings. The molecule has 1 atom stereocenters. The average Bonchev–Trinajstić information content (AvgIpc) is 3.47. The second kappa shape index (κ2) is 9.86. The minimum Gasteiger partial charge on any atom is -0.381 e. The predicted molar refractivity (Wildman–Crippen MR) is 124 cm³/mol. The van der Waals surface area contributed by atoms with E-state index in [1.807, 2.05) is 18.2 Å². The van der Waals surface area contributed by atoms with Crippen molar-refractivity contribution in [1.82, 2.24) is 9.88 Å². The van der Waals surface area contributed by atoms with Crippen molar-refractivity contribution < 1.29 is 22.4 Å². The molecule has 0 bridgehead atoms. The first kappa shape index (κ1) is 23.1. The van der Waals surface area contributed by atoms with Crippen LogP contribution in [0.1, 0.15) is 17.5 Å². The topological polar surface area (TPSA) is 91.8 Å². The zero-order valence-corrected chi connectivity index (χ0v) is 19.5. The fraction of sp³-hybridized carbons (Fsp3) is 0.273. The molecule has 0 spiro atoms. The Labute approximate surface area is 195 Å². The number of carbonyl (C=O) groups excluding carboxylic acids is 1. The van der Waals surface area contributed by atoms with Crippen molar-refractivity contribution in [2.45, 2.75) is 30.8 Å². The molecule has 2 aromatic carbocycles. The molecule has 0 saturated carbocycles. The van der Waals surface area contributed by atoms with Crippen LogP contribution in [0.5, 0.6) is 0 Å². The van der Waals surface area contributed by atoms with E-state index < -0.39 is 20.7 Å². The molecule has 33 heavy (non-hydrogen) atoms. The van der Waals surface area contributed by atoms with Crippen LogP contribution in [-0.4, -0.2) is 43.9 Å². The molecule has 174 valence electrons. The molecule has 0 amide bonds. The number of rotatable bonds is 9. The van der Waals surface area contributed by atoms with Crippen LogP contribution >= 0.6 is 11.3 Å². The van der Waals surface area contributed by atoms with Crippen LogP contribution in [0, 0.1) is 12.7 Å². The second-order valence-corrected chi connectivity index (χ2v) is 10.2. The number of nitrogens with one attached hydrogen (secondary N) is 1. The number of anilines is 2. The summed E-state index contributed by atoms with van der Waals surface area (Å²) >= 11 is 1.11. The lowest BCUT2D eigenvalue weighted by Gasteiger charge is -2.21. The molecule has 2 heterocycles. The van der Waals surface area contributed by atoms with Crippen LogP contribution in [0.3, 0.4) is 0 Å². The average molecular weight is 491 g/mol. The third-order valence-corrected chi connectivity index (χ3v) is 7.55. The van der Waals surface area contributed by atoms with E-state index in [1.165, 1.54) is 28.6 Å². The molecule has 1 fully saturated rings. The van der Waals surface area contributed by atoms with Crippen LogP contribution < -0.4 is 9.79 Å². The van der Waals surface area contributed by atoms with Gasteiger partial charge in [-0.2, -0.15) is 8.42 Å². The van der Waals surface area contributed by atoms with Gasteiger partial charge in [-0.25, -0.2) is 9.37 Å². The smallest absolute Gasteiger partial charge is 0.322 e. The molecule has 11 heteroatoms. The van der Waals surface area contributed by atoms with Crippen LogP contribution in [0.25, 0.3) is 0 Å². The molecule has 1 aliphatic rings. The van der Waals surface area contributed by atoms with Gasteiger partial charge < -0.3 is 10.2 Å². The van der Waals surface area contributed by atoms with Crippen LogP contribution in [0.15, 0.2) is 58.3 Å². The molecular weight excluding hydrogens is 467 g/mol. The largest absolute Gasteiger partial charge is 0.381 e. The maximum absolute atomic E-state index is 15.0. The highest BCUT2D eigenvalue weighted by atomic mass is 32.2. The maximum Gasteiger partial charge on any atom is 0.322 e. The van der Waals surface area contributed by atoms with Crippen molar-refractivity contribution in [3.8, 4) is 0 Å². The normalized spacial score (nSPS) is 16.5. The Balaban J connectivity index is 1.50. The summed E-state index contributed by atoms with van der Waals surface area (Å²) in [5, 5.41) is 4.72. The molecule has 0 unspecified atom stereocenters. The maximum atomic E-state index is 15.0. The van der Waals surface area contributed by atoms with Gasteiger partial charge in [0.1, 0.15) is 10.7 Å². The van der Waals surface area contributed by atoms with E-state index >= 15 is 0 Å². The summed E-state index contributed by atoms with van der Waals surface area (Å²) in [6.07, 6.45) is 0.888. The van der Waals surface area contributed by atoms with Crippen molar-refractivity contribution in [2.75, 3.05) is 22.9 Å². The van der Waals surface area contributed by atoms with Crippen LogP contribution in [0.4, 0.5) is 15.9 Å². The lowest BCUT2D eigenvalue weighted by Crippen LogP contribution is -2.32. The molecule has 0 radical (unpaired) electrons. The van der Waals surface area contributed by atoms with Gasteiger partial charge in [0.05, 0.1) is 5.51 Å². The Morgan fingerprint density at radius 3 is 2.82 bits per heavy atom. The van der Waals surface area contributed by atoms with Crippen molar-refractivity contribution in [2.24, 2.45) is 0 Å². The summed E-state index contributed by atoms with van der Waals surface area (Å²) in [6, 6.07) is 12.7. The molecular formula is C22H23FN4O4S2. The quantitative estimate of drug-likeness (QED) is 0.362. The van der Waals surface area contributed by atoms with Crippen molar-refractivity contribution in [1.29, 1.82) is 0 Å². The van der Waals surface area contributed by atoms with Gasteiger partial charge in [0.2, 0.25) is 0 Å². The minimum absolute atomic E-state index is 0.0428. The number of aryl methyl sites for hydroxylation is 1. The van der Waals surface area contributed by atoms with Crippen molar-refractivity contribution in [3.05, 3.63) is 70.3 Å². The molecule has 4 rings (SSSR count). The fourth-order valence-corrected chi connectivity index (χ4v) is 5.70. The highest BCUT2D eigenvalue weighted by Crippen LogP contribution is 2.30. The van der Waals surface area contributed by atoms with Crippen LogP contribution in [0.2, 0.25) is 0 Å². The van der Waals surface area contributed by atoms with E-state index in [1.54, 1.807) is 6.92 Å². The van der Waals surface area contributed by atoms with Gasteiger partial charge in [-0.1, -0.05) is 34.8 Å². The monoisotopic (exact) mass is 490 g/mol. The molecule has 1 saturated heterocycles. The second-order valence-electron chi connectivity index (χ2n) is 7.73. The summed E-state index contributed by atoms with van der Waals surface area (Å²) in [5.41, 5.74) is 3.69. The number of benzene rings is 2. The van der Waals surface area contributed by atoms with E-state index in [0.29, 0.717) is 15.7 Å². The number of hydrogen-bond acceptors (Lipinski definition) is 8. The first-order valence-electron chi connectivity index (χ1n) is 10.3. The summed E-state index contributed by atoms with van der Waals surface area (Å²) in [6.45, 7) is 4.20. The Bertz CT molecular complexity index is 1210. The van der Waals surface area contributed by atoms with Crippen molar-refractivity contribution >= 4 is 39.3 Å². The number of hydrogen-bond donors (Lipinski definition) is 1. The first-order valence-corrected chi connectivity index (χ1v) is 12.6. The first-order chi connectivity index (χ1) is 15.9. The molecule has 0 aliphatic carbocycles. The fourth-order valence-electron chi connectivity index (χ4n) is 3.82. The molecule has 1 N–H and O–H groups in total. The molecule has 1 aromatic heterocycles. The highest BCUT2D eigenvalue weighted by Gasteiger charge is 2.32. The number of nitrogens with zero attached hydrogens (tertiary/aromatic N) is 3. The van der Waals surface area contributed by atoms with Gasteiger partial charge >= 0.3 is 6.47 Å². The van der Waals surface area contributed by atoms with E-state index in [-0.39, 0.29) is 18.3 Å². The summed E-state index contributed by atoms with van der Waals surface area (Å²) in [5.74, 6) is -1.08. The molecule has 8 nitrogen and oxygen atoms in total. The van der Waals surface area contributed by atoms with E-state index in [2.05, 4.69) is 32.2 Å². The third-order valence-electron chi connectivity index (χ3n) is 5.40. The Morgan fingerprint density at radius 1 is 1.33 bits per heavy atom.